The number of hydrogen-bond acceptors (Lipinski definition) is 4. The normalized spacial score (nSPS) is 20.3. The van der Waals surface area contributed by atoms with Crippen molar-refractivity contribution in [1.29, 1.82) is 0 Å². The molecule has 1 N–H and O–H groups in total. The van der Waals surface area contributed by atoms with Crippen LogP contribution in [0.4, 0.5) is 0 Å². The Labute approximate surface area is 153 Å². The lowest BCUT2D eigenvalue weighted by atomic mass is 10.0. The number of likely N-dealkylation sites (tertiary alicyclic amines) is 2. The van der Waals surface area contributed by atoms with Crippen LogP contribution in [0.2, 0.25) is 0 Å². The van der Waals surface area contributed by atoms with Crippen LogP contribution < -0.4 is 0 Å². The smallest absolute Gasteiger partial charge is 0.124 e. The fraction of sp³-hybridized carbons (Fsp3) is 0.714. The first-order chi connectivity index (χ1) is 12.1. The molecule has 0 radical (unpaired) electrons. The van der Waals surface area contributed by atoms with E-state index in [1.54, 1.807) is 0 Å². The lowest BCUT2D eigenvalue weighted by Gasteiger charge is -2.29. The summed E-state index contributed by atoms with van der Waals surface area (Å²) in [6, 6.07) is 4.45. The zero-order valence-corrected chi connectivity index (χ0v) is 16.1. The minimum Gasteiger partial charge on any atom is -0.507 e. The van der Waals surface area contributed by atoms with Crippen molar-refractivity contribution >= 4 is 0 Å². The summed E-state index contributed by atoms with van der Waals surface area (Å²) in [5.74, 6) is 0.540. The molecule has 1 aromatic rings. The Morgan fingerprint density at radius 1 is 0.800 bits per heavy atom. The van der Waals surface area contributed by atoms with Gasteiger partial charge in [-0.15, -0.1) is 0 Å². The zero-order valence-electron chi connectivity index (χ0n) is 16.1. The molecule has 2 saturated heterocycles. The second-order valence-corrected chi connectivity index (χ2v) is 8.17. The van der Waals surface area contributed by atoms with Gasteiger partial charge < -0.3 is 10.0 Å². The van der Waals surface area contributed by atoms with Crippen LogP contribution in [0.15, 0.2) is 12.1 Å². The number of nitrogens with zero attached hydrogens (tertiary/aromatic N) is 3. The van der Waals surface area contributed by atoms with Crippen molar-refractivity contribution in [2.45, 2.75) is 58.2 Å². The third kappa shape index (κ3) is 5.44. The monoisotopic (exact) mass is 345 g/mol. The van der Waals surface area contributed by atoms with E-state index < -0.39 is 0 Å². The first-order valence-electron chi connectivity index (χ1n) is 10.0. The van der Waals surface area contributed by atoms with Crippen LogP contribution in [0.25, 0.3) is 0 Å². The van der Waals surface area contributed by atoms with Crippen LogP contribution in [-0.2, 0) is 19.6 Å². The van der Waals surface area contributed by atoms with Gasteiger partial charge in [0.25, 0.3) is 0 Å². The van der Waals surface area contributed by atoms with Crippen molar-refractivity contribution in [1.82, 2.24) is 14.7 Å². The van der Waals surface area contributed by atoms with Crippen LogP contribution in [0.3, 0.4) is 0 Å². The van der Waals surface area contributed by atoms with Crippen molar-refractivity contribution in [2.24, 2.45) is 0 Å². The van der Waals surface area contributed by atoms with Crippen molar-refractivity contribution < 1.29 is 5.11 Å². The summed E-state index contributed by atoms with van der Waals surface area (Å²) in [5, 5.41) is 10.9. The van der Waals surface area contributed by atoms with Crippen molar-refractivity contribution in [3.8, 4) is 5.75 Å². The molecule has 4 heteroatoms. The molecule has 0 aromatic heterocycles. The molecule has 0 atom stereocenters. The molecular formula is C21H35N3O. The van der Waals surface area contributed by atoms with Gasteiger partial charge in [-0.2, -0.15) is 0 Å². The Balaban J connectivity index is 1.79. The van der Waals surface area contributed by atoms with Crippen LogP contribution in [0.1, 0.15) is 55.2 Å². The molecule has 2 aliphatic rings. The maximum atomic E-state index is 10.9. The molecule has 2 aliphatic heterocycles. The maximum Gasteiger partial charge on any atom is 0.124 e. The molecule has 3 rings (SSSR count). The van der Waals surface area contributed by atoms with Crippen molar-refractivity contribution in [2.75, 3.05) is 40.3 Å². The highest BCUT2D eigenvalue weighted by Crippen LogP contribution is 2.29. The lowest BCUT2D eigenvalue weighted by Crippen LogP contribution is -2.30. The molecule has 0 spiro atoms. The van der Waals surface area contributed by atoms with E-state index in [0.717, 1.165) is 30.8 Å². The number of benzene rings is 1. The van der Waals surface area contributed by atoms with Gasteiger partial charge in [-0.25, -0.2) is 0 Å². The van der Waals surface area contributed by atoms with E-state index in [2.05, 4.69) is 40.9 Å². The standard InChI is InChI=1S/C21H35N3O/c1-22(2)15-18-13-19(16-23-9-5-3-6-10-23)21(25)20(14-18)17-24-11-7-4-8-12-24/h13-14,25H,3-12,15-17H2,1-2H3. The van der Waals surface area contributed by atoms with Gasteiger partial charge in [0.2, 0.25) is 0 Å². The van der Waals surface area contributed by atoms with Crippen LogP contribution in [0.5, 0.6) is 5.75 Å². The third-order valence-corrected chi connectivity index (χ3v) is 5.51. The SMILES string of the molecule is CN(C)Cc1cc(CN2CCCCC2)c(O)c(CN2CCCCC2)c1. The fourth-order valence-corrected chi connectivity index (χ4v) is 4.25. The predicted molar refractivity (Wildman–Crippen MR) is 104 cm³/mol. The second kappa shape index (κ2) is 9.02. The van der Waals surface area contributed by atoms with E-state index in [0.29, 0.717) is 5.75 Å². The van der Waals surface area contributed by atoms with E-state index in [-0.39, 0.29) is 0 Å². The third-order valence-electron chi connectivity index (χ3n) is 5.51. The summed E-state index contributed by atoms with van der Waals surface area (Å²) in [6.07, 6.45) is 7.86. The van der Waals surface area contributed by atoms with Gasteiger partial charge in [-0.1, -0.05) is 12.8 Å². The minimum absolute atomic E-state index is 0.540. The molecule has 1 aromatic carbocycles. The highest BCUT2D eigenvalue weighted by Gasteiger charge is 2.18. The first-order valence-corrected chi connectivity index (χ1v) is 10.0. The number of aromatic hydroxyl groups is 1. The molecule has 2 heterocycles. The molecule has 0 bridgehead atoms. The molecule has 0 saturated carbocycles. The van der Waals surface area contributed by atoms with E-state index in [1.165, 1.54) is 70.3 Å². The van der Waals surface area contributed by atoms with Gasteiger partial charge in [-0.3, -0.25) is 9.80 Å². The number of hydrogen-bond donors (Lipinski definition) is 1. The van der Waals surface area contributed by atoms with Crippen molar-refractivity contribution in [3.05, 3.63) is 28.8 Å². The predicted octanol–water partition coefficient (Wildman–Crippen LogP) is 3.43. The largest absolute Gasteiger partial charge is 0.507 e. The summed E-state index contributed by atoms with van der Waals surface area (Å²) in [5.41, 5.74) is 3.56. The average Bonchev–Trinajstić information content (AvgIpc) is 2.60. The number of rotatable bonds is 6. The minimum atomic E-state index is 0.540. The molecule has 0 unspecified atom stereocenters. The Morgan fingerprint density at radius 3 is 1.64 bits per heavy atom. The summed E-state index contributed by atoms with van der Waals surface area (Å²) >= 11 is 0. The quantitative estimate of drug-likeness (QED) is 0.855. The van der Waals surface area contributed by atoms with Gasteiger partial charge in [-0.05, 0) is 83.7 Å². The Hall–Kier alpha value is -1.10. The molecule has 0 amide bonds. The first kappa shape index (κ1) is 18.7. The van der Waals surface area contributed by atoms with Crippen LogP contribution >= 0.6 is 0 Å². The highest BCUT2D eigenvalue weighted by atomic mass is 16.3. The molecular weight excluding hydrogens is 310 g/mol. The molecule has 0 aliphatic carbocycles. The van der Waals surface area contributed by atoms with Crippen LogP contribution in [-0.4, -0.2) is 60.1 Å². The maximum absolute atomic E-state index is 10.9. The molecule has 25 heavy (non-hydrogen) atoms. The molecule has 2 fully saturated rings. The molecule has 4 nitrogen and oxygen atoms in total. The van der Waals surface area contributed by atoms with E-state index >= 15 is 0 Å². The summed E-state index contributed by atoms with van der Waals surface area (Å²) in [6.45, 7) is 7.37. The summed E-state index contributed by atoms with van der Waals surface area (Å²) < 4.78 is 0. The number of phenols is 1. The highest BCUT2D eigenvalue weighted by molar-refractivity contribution is 5.44. The van der Waals surface area contributed by atoms with Crippen LogP contribution in [0, 0.1) is 0 Å². The van der Waals surface area contributed by atoms with Gasteiger partial charge >= 0.3 is 0 Å². The zero-order chi connectivity index (χ0) is 17.6. The number of piperidine rings is 2. The van der Waals surface area contributed by atoms with E-state index in [4.69, 9.17) is 0 Å². The summed E-state index contributed by atoms with van der Waals surface area (Å²) in [4.78, 5) is 7.22. The summed E-state index contributed by atoms with van der Waals surface area (Å²) in [7, 11) is 4.23. The topological polar surface area (TPSA) is 30.0 Å². The average molecular weight is 346 g/mol. The number of phenolic OH excluding ortho intramolecular Hbond substituents is 1. The second-order valence-electron chi connectivity index (χ2n) is 8.17. The van der Waals surface area contributed by atoms with E-state index in [1.807, 2.05) is 0 Å². The lowest BCUT2D eigenvalue weighted by molar-refractivity contribution is 0.212. The molecule has 140 valence electrons. The van der Waals surface area contributed by atoms with Gasteiger partial charge in [0, 0.05) is 30.8 Å². The van der Waals surface area contributed by atoms with Gasteiger partial charge in [0.15, 0.2) is 0 Å². The van der Waals surface area contributed by atoms with Crippen molar-refractivity contribution in [3.63, 3.8) is 0 Å². The Kier molecular flexibility index (Phi) is 6.74. The van der Waals surface area contributed by atoms with E-state index in [9.17, 15) is 5.11 Å². The van der Waals surface area contributed by atoms with Gasteiger partial charge in [0.1, 0.15) is 5.75 Å². The Morgan fingerprint density at radius 2 is 1.24 bits per heavy atom. The Bertz CT molecular complexity index is 505. The van der Waals surface area contributed by atoms with Gasteiger partial charge in [0.05, 0.1) is 0 Å². The fourth-order valence-electron chi connectivity index (χ4n) is 4.25.